The highest BCUT2D eigenvalue weighted by Crippen LogP contribution is 2.36. The van der Waals surface area contributed by atoms with E-state index < -0.39 is 35.5 Å². The number of carbonyl (C=O) groups is 2. The third kappa shape index (κ3) is 2.39. The van der Waals surface area contributed by atoms with Crippen molar-refractivity contribution in [1.82, 2.24) is 0 Å². The Kier molecular flexibility index (Phi) is 3.54. The van der Waals surface area contributed by atoms with Gasteiger partial charge in [-0.25, -0.2) is 13.7 Å². The highest BCUT2D eigenvalue weighted by Gasteiger charge is 2.56. The molecule has 126 valence electrons. The smallest absolute Gasteiger partial charge is 0.278 e. The summed E-state index contributed by atoms with van der Waals surface area (Å²) in [6.45, 7) is 0. The second kappa shape index (κ2) is 5.63. The Bertz CT molecular complexity index is 930. The van der Waals surface area contributed by atoms with Crippen LogP contribution in [0.1, 0.15) is 5.56 Å². The molecule has 2 aromatic rings. The number of amides is 2. The van der Waals surface area contributed by atoms with Crippen molar-refractivity contribution in [2.75, 3.05) is 4.90 Å². The van der Waals surface area contributed by atoms with Gasteiger partial charge in [-0.2, -0.15) is 0 Å². The number of halogens is 3. The van der Waals surface area contributed by atoms with E-state index in [0.717, 1.165) is 11.0 Å². The lowest BCUT2D eigenvalue weighted by atomic mass is 9.94. The number of nitrogens with zero attached hydrogens (tertiary/aromatic N) is 2. The minimum absolute atomic E-state index is 0.151. The molecule has 0 aliphatic carbocycles. The first-order valence-corrected chi connectivity index (χ1v) is 7.67. The van der Waals surface area contributed by atoms with Crippen LogP contribution in [0.3, 0.4) is 0 Å². The van der Waals surface area contributed by atoms with Crippen molar-refractivity contribution in [1.29, 1.82) is 0 Å². The van der Waals surface area contributed by atoms with E-state index in [1.165, 1.54) is 36.4 Å². The number of anilines is 1. The van der Waals surface area contributed by atoms with Gasteiger partial charge in [-0.05, 0) is 30.3 Å². The molecular weight excluding hydrogens is 354 g/mol. The average Bonchev–Trinajstić information content (AvgIpc) is 3.12. The van der Waals surface area contributed by atoms with Crippen LogP contribution in [0.25, 0.3) is 0 Å². The van der Waals surface area contributed by atoms with Crippen LogP contribution in [0.4, 0.5) is 14.5 Å². The molecule has 25 heavy (non-hydrogen) atoms. The molecule has 2 aliphatic heterocycles. The molecule has 1 fully saturated rings. The fourth-order valence-electron chi connectivity index (χ4n) is 2.92. The summed E-state index contributed by atoms with van der Waals surface area (Å²) < 4.78 is 26.4. The largest absolute Gasteiger partial charge is 0.381 e. The molecule has 0 aromatic heterocycles. The first kappa shape index (κ1) is 15.7. The van der Waals surface area contributed by atoms with Crippen LogP contribution >= 0.6 is 11.6 Å². The molecule has 2 atom stereocenters. The predicted molar refractivity (Wildman–Crippen MR) is 85.2 cm³/mol. The number of oxime groups is 1. The zero-order valence-corrected chi connectivity index (χ0v) is 13.2. The quantitative estimate of drug-likeness (QED) is 0.772. The normalized spacial score (nSPS) is 22.0. The molecule has 8 heteroatoms. The second-order valence-corrected chi connectivity index (χ2v) is 6.00. The summed E-state index contributed by atoms with van der Waals surface area (Å²) in [6, 6.07) is 8.91. The standard InChI is InChI=1S/C17H9ClF2N2O3/c18-11-7-10(5-6-12(11)20)22-16(23)13-14(21-25-15(13)17(22)24)8-1-3-9(19)4-2-8/h1-7,13,15H. The van der Waals surface area contributed by atoms with Crippen LogP contribution in [0, 0.1) is 17.6 Å². The topological polar surface area (TPSA) is 59.0 Å². The van der Waals surface area contributed by atoms with Gasteiger partial charge in [-0.3, -0.25) is 9.59 Å². The molecule has 0 radical (unpaired) electrons. The fraction of sp³-hybridized carbons (Fsp3) is 0.118. The van der Waals surface area contributed by atoms with Gasteiger partial charge < -0.3 is 4.84 Å². The Morgan fingerprint density at radius 2 is 1.76 bits per heavy atom. The molecule has 2 unspecified atom stereocenters. The van der Waals surface area contributed by atoms with Gasteiger partial charge in [-0.15, -0.1) is 0 Å². The molecule has 4 rings (SSSR count). The lowest BCUT2D eigenvalue weighted by Crippen LogP contribution is -2.33. The zero-order valence-electron chi connectivity index (χ0n) is 12.4. The van der Waals surface area contributed by atoms with Gasteiger partial charge in [0, 0.05) is 5.56 Å². The molecule has 0 spiro atoms. The summed E-state index contributed by atoms with van der Waals surface area (Å²) in [5.74, 6) is -3.20. The summed E-state index contributed by atoms with van der Waals surface area (Å²) in [7, 11) is 0. The molecule has 1 saturated heterocycles. The molecule has 0 N–H and O–H groups in total. The minimum Gasteiger partial charge on any atom is -0.381 e. The van der Waals surface area contributed by atoms with Crippen LogP contribution in [0.5, 0.6) is 0 Å². The van der Waals surface area contributed by atoms with Crippen LogP contribution in [0.15, 0.2) is 47.6 Å². The van der Waals surface area contributed by atoms with E-state index in [4.69, 9.17) is 16.4 Å². The average molecular weight is 363 g/mol. The number of hydrogen-bond donors (Lipinski definition) is 0. The molecule has 0 saturated carbocycles. The number of fused-ring (bicyclic) bond motifs is 1. The second-order valence-electron chi connectivity index (χ2n) is 5.60. The van der Waals surface area contributed by atoms with Crippen LogP contribution in [-0.4, -0.2) is 23.6 Å². The van der Waals surface area contributed by atoms with Gasteiger partial charge in [0.15, 0.2) is 0 Å². The maximum Gasteiger partial charge on any atom is 0.278 e. The molecule has 0 bridgehead atoms. The van der Waals surface area contributed by atoms with Crippen molar-refractivity contribution in [3.05, 3.63) is 64.7 Å². The number of carbonyl (C=O) groups excluding carboxylic acids is 2. The van der Waals surface area contributed by atoms with E-state index in [1.54, 1.807) is 0 Å². The Balaban J connectivity index is 1.70. The predicted octanol–water partition coefficient (Wildman–Crippen LogP) is 2.91. The highest BCUT2D eigenvalue weighted by molar-refractivity contribution is 6.34. The third-order valence-electron chi connectivity index (χ3n) is 4.11. The van der Waals surface area contributed by atoms with Gasteiger partial charge in [0.1, 0.15) is 23.3 Å². The van der Waals surface area contributed by atoms with Crippen molar-refractivity contribution in [2.45, 2.75) is 6.10 Å². The van der Waals surface area contributed by atoms with Crippen LogP contribution < -0.4 is 4.90 Å². The Hall–Kier alpha value is -2.80. The van der Waals surface area contributed by atoms with E-state index in [9.17, 15) is 18.4 Å². The zero-order chi connectivity index (χ0) is 17.7. The van der Waals surface area contributed by atoms with E-state index in [2.05, 4.69) is 5.16 Å². The Morgan fingerprint density at radius 1 is 1.04 bits per heavy atom. The first-order valence-electron chi connectivity index (χ1n) is 7.30. The molecular formula is C17H9ClF2N2O3. The SMILES string of the molecule is O=C1C2ON=C(c3ccc(F)cc3)C2C(=O)N1c1ccc(F)c(Cl)c1. The molecule has 2 amide bonds. The lowest BCUT2D eigenvalue weighted by Gasteiger charge is -2.15. The summed E-state index contributed by atoms with van der Waals surface area (Å²) >= 11 is 5.73. The third-order valence-corrected chi connectivity index (χ3v) is 4.40. The van der Waals surface area contributed by atoms with E-state index in [1.807, 2.05) is 0 Å². The van der Waals surface area contributed by atoms with Gasteiger partial charge in [0.05, 0.1) is 10.7 Å². The number of benzene rings is 2. The first-order chi connectivity index (χ1) is 12.0. The van der Waals surface area contributed by atoms with Gasteiger partial charge in [0.2, 0.25) is 12.0 Å². The van der Waals surface area contributed by atoms with Gasteiger partial charge in [-0.1, -0.05) is 28.9 Å². The van der Waals surface area contributed by atoms with Gasteiger partial charge in [0.25, 0.3) is 5.91 Å². The summed E-state index contributed by atoms with van der Waals surface area (Å²) in [5.41, 5.74) is 0.881. The maximum atomic E-state index is 13.3. The number of rotatable bonds is 2. The van der Waals surface area contributed by atoms with Crippen molar-refractivity contribution in [3.63, 3.8) is 0 Å². The van der Waals surface area contributed by atoms with Crippen molar-refractivity contribution >= 4 is 34.8 Å². The van der Waals surface area contributed by atoms with E-state index in [-0.39, 0.29) is 16.4 Å². The Labute approximate surface area is 145 Å². The number of hydrogen-bond acceptors (Lipinski definition) is 4. The molecule has 2 aliphatic rings. The highest BCUT2D eigenvalue weighted by atomic mass is 35.5. The maximum absolute atomic E-state index is 13.3. The Morgan fingerprint density at radius 3 is 2.44 bits per heavy atom. The van der Waals surface area contributed by atoms with Crippen molar-refractivity contribution < 1.29 is 23.2 Å². The minimum atomic E-state index is -1.10. The van der Waals surface area contributed by atoms with Crippen LogP contribution in [-0.2, 0) is 14.4 Å². The monoisotopic (exact) mass is 362 g/mol. The van der Waals surface area contributed by atoms with E-state index in [0.29, 0.717) is 5.56 Å². The van der Waals surface area contributed by atoms with Crippen molar-refractivity contribution in [3.8, 4) is 0 Å². The van der Waals surface area contributed by atoms with Crippen molar-refractivity contribution in [2.24, 2.45) is 11.1 Å². The molecule has 5 nitrogen and oxygen atoms in total. The number of imide groups is 1. The summed E-state index contributed by atoms with van der Waals surface area (Å²) in [5, 5.41) is 3.62. The molecule has 2 heterocycles. The van der Waals surface area contributed by atoms with Gasteiger partial charge >= 0.3 is 0 Å². The van der Waals surface area contributed by atoms with Crippen LogP contribution in [0.2, 0.25) is 5.02 Å². The molecule has 2 aromatic carbocycles. The lowest BCUT2D eigenvalue weighted by molar-refractivity contribution is -0.126. The summed E-state index contributed by atoms with van der Waals surface area (Å²) in [6.07, 6.45) is -1.10. The van der Waals surface area contributed by atoms with E-state index >= 15 is 0 Å². The fourth-order valence-corrected chi connectivity index (χ4v) is 3.09. The summed E-state index contributed by atoms with van der Waals surface area (Å²) in [4.78, 5) is 31.4.